The van der Waals surface area contributed by atoms with Gasteiger partial charge < -0.3 is 5.32 Å². The largest absolute Gasteiger partial charge is 0.313 e. The smallest absolute Gasteiger partial charge is 0.0105 e. The molecule has 1 heteroatoms. The average molecular weight is 273 g/mol. The van der Waals surface area contributed by atoms with Crippen LogP contribution in [-0.2, 0) is 6.42 Å². The molecule has 0 saturated heterocycles. The zero-order valence-electron chi connectivity index (χ0n) is 13.3. The Bertz CT molecular complexity index is 351. The predicted octanol–water partition coefficient (Wildman–Crippen LogP) is 4.81. The topological polar surface area (TPSA) is 12.0 Å². The fourth-order valence-electron chi connectivity index (χ4n) is 3.44. The van der Waals surface area contributed by atoms with Crippen LogP contribution < -0.4 is 5.32 Å². The van der Waals surface area contributed by atoms with Crippen LogP contribution in [0, 0.1) is 11.8 Å². The molecular weight excluding hydrogens is 242 g/mol. The molecule has 1 unspecified atom stereocenters. The summed E-state index contributed by atoms with van der Waals surface area (Å²) in [6.45, 7) is 5.87. The van der Waals surface area contributed by atoms with Crippen molar-refractivity contribution in [1.82, 2.24) is 5.32 Å². The minimum Gasteiger partial charge on any atom is -0.313 e. The normalized spacial score (nSPS) is 24.5. The van der Waals surface area contributed by atoms with Crippen molar-refractivity contribution in [3.63, 3.8) is 0 Å². The molecule has 1 aromatic carbocycles. The monoisotopic (exact) mass is 273 g/mol. The lowest BCUT2D eigenvalue weighted by atomic mass is 9.81. The molecule has 1 atom stereocenters. The summed E-state index contributed by atoms with van der Waals surface area (Å²) in [5.41, 5.74) is 1.46. The van der Waals surface area contributed by atoms with Crippen molar-refractivity contribution in [2.24, 2.45) is 11.8 Å². The van der Waals surface area contributed by atoms with E-state index < -0.39 is 0 Å². The van der Waals surface area contributed by atoms with Crippen LogP contribution in [0.25, 0.3) is 0 Å². The molecule has 1 saturated carbocycles. The molecule has 0 radical (unpaired) electrons. The molecule has 1 N–H and O–H groups in total. The molecule has 1 aliphatic carbocycles. The van der Waals surface area contributed by atoms with E-state index >= 15 is 0 Å². The van der Waals surface area contributed by atoms with E-state index in [1.807, 2.05) is 0 Å². The van der Waals surface area contributed by atoms with Gasteiger partial charge in [-0.25, -0.2) is 0 Å². The van der Waals surface area contributed by atoms with E-state index in [9.17, 15) is 0 Å². The second kappa shape index (κ2) is 8.46. The summed E-state index contributed by atoms with van der Waals surface area (Å²) >= 11 is 0. The van der Waals surface area contributed by atoms with E-state index in [0.29, 0.717) is 6.04 Å². The first-order valence-electron chi connectivity index (χ1n) is 8.59. The fourth-order valence-corrected chi connectivity index (χ4v) is 3.44. The SMILES string of the molecule is CCC1CCC(CNC(CC)Cc2ccccc2)CC1. The van der Waals surface area contributed by atoms with Gasteiger partial charge in [-0.05, 0) is 49.6 Å². The first-order chi connectivity index (χ1) is 9.81. The lowest BCUT2D eigenvalue weighted by Crippen LogP contribution is -2.35. The minimum atomic E-state index is 0.640. The number of hydrogen-bond donors (Lipinski definition) is 1. The molecule has 0 aliphatic heterocycles. The van der Waals surface area contributed by atoms with Gasteiger partial charge in [0.05, 0.1) is 0 Å². The third kappa shape index (κ3) is 4.94. The molecule has 0 bridgehead atoms. The van der Waals surface area contributed by atoms with E-state index in [1.54, 1.807) is 0 Å². The van der Waals surface area contributed by atoms with E-state index in [0.717, 1.165) is 11.8 Å². The number of benzene rings is 1. The molecule has 0 spiro atoms. The maximum absolute atomic E-state index is 3.82. The lowest BCUT2D eigenvalue weighted by Gasteiger charge is -2.29. The number of hydrogen-bond acceptors (Lipinski definition) is 1. The van der Waals surface area contributed by atoms with Gasteiger partial charge in [-0.2, -0.15) is 0 Å². The molecule has 1 fully saturated rings. The van der Waals surface area contributed by atoms with Crippen LogP contribution in [0.1, 0.15) is 57.9 Å². The number of nitrogens with one attached hydrogen (secondary N) is 1. The van der Waals surface area contributed by atoms with Gasteiger partial charge in [0.1, 0.15) is 0 Å². The standard InChI is InChI=1S/C19H31N/c1-3-16-10-12-18(13-11-16)15-20-19(4-2)14-17-8-6-5-7-9-17/h5-9,16,18-20H,3-4,10-15H2,1-2H3. The molecular formula is C19H31N. The van der Waals surface area contributed by atoms with Gasteiger partial charge in [0.25, 0.3) is 0 Å². The van der Waals surface area contributed by atoms with Crippen LogP contribution in [-0.4, -0.2) is 12.6 Å². The van der Waals surface area contributed by atoms with E-state index in [1.165, 1.54) is 57.1 Å². The Hall–Kier alpha value is -0.820. The Balaban J connectivity index is 1.71. The maximum atomic E-state index is 3.82. The van der Waals surface area contributed by atoms with Crippen molar-refractivity contribution in [1.29, 1.82) is 0 Å². The van der Waals surface area contributed by atoms with Crippen LogP contribution in [0.4, 0.5) is 0 Å². The van der Waals surface area contributed by atoms with Crippen molar-refractivity contribution in [3.05, 3.63) is 35.9 Å². The lowest BCUT2D eigenvalue weighted by molar-refractivity contribution is 0.255. The molecule has 112 valence electrons. The highest BCUT2D eigenvalue weighted by molar-refractivity contribution is 5.15. The highest BCUT2D eigenvalue weighted by Gasteiger charge is 2.20. The molecule has 2 rings (SSSR count). The zero-order chi connectivity index (χ0) is 14.2. The summed E-state index contributed by atoms with van der Waals surface area (Å²) in [5.74, 6) is 1.93. The predicted molar refractivity (Wildman–Crippen MR) is 88.0 cm³/mol. The third-order valence-corrected chi connectivity index (χ3v) is 5.06. The van der Waals surface area contributed by atoms with Crippen molar-refractivity contribution in [2.75, 3.05) is 6.54 Å². The molecule has 20 heavy (non-hydrogen) atoms. The fraction of sp³-hybridized carbons (Fsp3) is 0.684. The second-order valence-electron chi connectivity index (χ2n) is 6.50. The Kier molecular flexibility index (Phi) is 6.59. The molecule has 1 aliphatic rings. The van der Waals surface area contributed by atoms with Crippen LogP contribution in [0.3, 0.4) is 0 Å². The molecule has 0 aromatic heterocycles. The summed E-state index contributed by atoms with van der Waals surface area (Å²) in [6.07, 6.45) is 9.56. The second-order valence-corrected chi connectivity index (χ2v) is 6.50. The van der Waals surface area contributed by atoms with E-state index in [4.69, 9.17) is 0 Å². The Morgan fingerprint density at radius 2 is 1.65 bits per heavy atom. The summed E-state index contributed by atoms with van der Waals surface area (Å²) in [6, 6.07) is 11.5. The van der Waals surface area contributed by atoms with Crippen LogP contribution in [0.2, 0.25) is 0 Å². The average Bonchev–Trinajstić information content (AvgIpc) is 2.53. The van der Waals surface area contributed by atoms with Crippen molar-refractivity contribution in [2.45, 2.75) is 64.8 Å². The molecule has 0 heterocycles. The Morgan fingerprint density at radius 3 is 2.25 bits per heavy atom. The van der Waals surface area contributed by atoms with Crippen molar-refractivity contribution >= 4 is 0 Å². The van der Waals surface area contributed by atoms with E-state index in [-0.39, 0.29) is 0 Å². The van der Waals surface area contributed by atoms with Gasteiger partial charge in [-0.15, -0.1) is 0 Å². The Labute approximate surface area is 125 Å². The van der Waals surface area contributed by atoms with Crippen LogP contribution in [0.15, 0.2) is 30.3 Å². The zero-order valence-corrected chi connectivity index (χ0v) is 13.3. The van der Waals surface area contributed by atoms with Gasteiger partial charge in [0.2, 0.25) is 0 Å². The highest BCUT2D eigenvalue weighted by atomic mass is 14.9. The summed E-state index contributed by atoms with van der Waals surface area (Å²) in [5, 5.41) is 3.82. The summed E-state index contributed by atoms with van der Waals surface area (Å²) in [4.78, 5) is 0. The quantitative estimate of drug-likeness (QED) is 0.751. The number of rotatable bonds is 7. The van der Waals surface area contributed by atoms with Gasteiger partial charge in [-0.1, -0.05) is 63.4 Å². The first-order valence-corrected chi connectivity index (χ1v) is 8.59. The minimum absolute atomic E-state index is 0.640. The third-order valence-electron chi connectivity index (χ3n) is 5.06. The summed E-state index contributed by atoms with van der Waals surface area (Å²) < 4.78 is 0. The first kappa shape index (κ1) is 15.6. The van der Waals surface area contributed by atoms with Crippen LogP contribution in [0.5, 0.6) is 0 Å². The summed E-state index contributed by atoms with van der Waals surface area (Å²) in [7, 11) is 0. The highest BCUT2D eigenvalue weighted by Crippen LogP contribution is 2.30. The molecule has 1 aromatic rings. The van der Waals surface area contributed by atoms with Crippen molar-refractivity contribution < 1.29 is 0 Å². The van der Waals surface area contributed by atoms with Crippen LogP contribution >= 0.6 is 0 Å². The van der Waals surface area contributed by atoms with E-state index in [2.05, 4.69) is 49.5 Å². The maximum Gasteiger partial charge on any atom is 0.0105 e. The molecule has 1 nitrogen and oxygen atoms in total. The van der Waals surface area contributed by atoms with Gasteiger partial charge in [-0.3, -0.25) is 0 Å². The Morgan fingerprint density at radius 1 is 1.00 bits per heavy atom. The van der Waals surface area contributed by atoms with Gasteiger partial charge in [0, 0.05) is 6.04 Å². The molecule has 0 amide bonds. The van der Waals surface area contributed by atoms with Crippen molar-refractivity contribution in [3.8, 4) is 0 Å². The van der Waals surface area contributed by atoms with Gasteiger partial charge >= 0.3 is 0 Å². The van der Waals surface area contributed by atoms with Gasteiger partial charge in [0.15, 0.2) is 0 Å².